The van der Waals surface area contributed by atoms with Gasteiger partial charge in [-0.1, -0.05) is 0 Å². The summed E-state index contributed by atoms with van der Waals surface area (Å²) in [4.78, 5) is 22.2. The van der Waals surface area contributed by atoms with Crippen molar-refractivity contribution >= 4 is 17.6 Å². The molecule has 5 nitrogen and oxygen atoms in total. The Hall–Kier alpha value is -1.88. The molecule has 0 saturated carbocycles. The molecule has 5 heteroatoms. The fraction of sp³-hybridized carbons (Fsp3) is 0.333. The van der Waals surface area contributed by atoms with Crippen LogP contribution in [0, 0.1) is 6.92 Å². The van der Waals surface area contributed by atoms with Gasteiger partial charge >= 0.3 is 5.97 Å². The van der Waals surface area contributed by atoms with E-state index in [1.165, 1.54) is 12.1 Å². The largest absolute Gasteiger partial charge is 0.478 e. The number of aryl methyl sites for hydroxylation is 1. The molecule has 4 N–H and O–H groups in total. The summed E-state index contributed by atoms with van der Waals surface area (Å²) in [5.41, 5.74) is 7.03. The Bertz CT molecular complexity index is 441. The molecular formula is C12H16N2O3. The molecule has 1 amide bonds. The number of carbonyl (C=O) groups is 2. The van der Waals surface area contributed by atoms with Crippen molar-refractivity contribution in [1.82, 2.24) is 0 Å². The number of rotatable bonds is 4. The van der Waals surface area contributed by atoms with Gasteiger partial charge in [0.05, 0.1) is 5.56 Å². The van der Waals surface area contributed by atoms with Gasteiger partial charge in [-0.3, -0.25) is 4.79 Å². The quantitative estimate of drug-likeness (QED) is 0.736. The van der Waals surface area contributed by atoms with Crippen LogP contribution >= 0.6 is 0 Å². The van der Waals surface area contributed by atoms with Crippen LogP contribution in [0.5, 0.6) is 0 Å². The number of amides is 1. The second-order valence-electron chi connectivity index (χ2n) is 4.06. The van der Waals surface area contributed by atoms with E-state index in [4.69, 9.17) is 10.8 Å². The van der Waals surface area contributed by atoms with Gasteiger partial charge in [0.25, 0.3) is 0 Å². The molecule has 0 saturated heterocycles. The lowest BCUT2D eigenvalue weighted by Crippen LogP contribution is -2.24. The first-order valence-corrected chi connectivity index (χ1v) is 5.29. The van der Waals surface area contributed by atoms with Gasteiger partial charge in [-0.2, -0.15) is 0 Å². The smallest absolute Gasteiger partial charge is 0.335 e. The third kappa shape index (κ3) is 3.88. The molecule has 0 bridgehead atoms. The van der Waals surface area contributed by atoms with Crippen LogP contribution in [0.1, 0.15) is 29.3 Å². The SMILES string of the molecule is Cc1cc(C(=O)O)ccc1NC(=O)CC(C)N. The fourth-order valence-corrected chi connectivity index (χ4v) is 1.43. The molecule has 0 radical (unpaired) electrons. The van der Waals surface area contributed by atoms with Crippen LogP contribution in [0.15, 0.2) is 18.2 Å². The first-order valence-electron chi connectivity index (χ1n) is 5.29. The number of carboxylic acid groups (broad SMARTS) is 1. The number of aromatic carboxylic acids is 1. The van der Waals surface area contributed by atoms with Crippen molar-refractivity contribution in [2.24, 2.45) is 5.73 Å². The number of carbonyl (C=O) groups excluding carboxylic acids is 1. The molecule has 17 heavy (non-hydrogen) atoms. The molecule has 0 fully saturated rings. The van der Waals surface area contributed by atoms with Crippen LogP contribution in [0.3, 0.4) is 0 Å². The third-order valence-corrected chi connectivity index (χ3v) is 2.25. The normalized spacial score (nSPS) is 11.9. The van der Waals surface area contributed by atoms with Gasteiger partial charge in [0.1, 0.15) is 0 Å². The highest BCUT2D eigenvalue weighted by atomic mass is 16.4. The zero-order valence-electron chi connectivity index (χ0n) is 9.86. The van der Waals surface area contributed by atoms with Gasteiger partial charge in [-0.15, -0.1) is 0 Å². The summed E-state index contributed by atoms with van der Waals surface area (Å²) < 4.78 is 0. The molecule has 0 aliphatic heterocycles. The molecule has 0 aliphatic carbocycles. The van der Waals surface area contributed by atoms with E-state index in [1.54, 1.807) is 19.9 Å². The van der Waals surface area contributed by atoms with Crippen LogP contribution in [0.4, 0.5) is 5.69 Å². The van der Waals surface area contributed by atoms with Crippen LogP contribution < -0.4 is 11.1 Å². The summed E-state index contributed by atoms with van der Waals surface area (Å²) in [6.07, 6.45) is 0.236. The summed E-state index contributed by atoms with van der Waals surface area (Å²) in [5.74, 6) is -1.16. The Balaban J connectivity index is 2.79. The summed E-state index contributed by atoms with van der Waals surface area (Å²) in [5, 5.41) is 11.5. The molecular weight excluding hydrogens is 220 g/mol. The van der Waals surface area contributed by atoms with Gasteiger partial charge in [0.15, 0.2) is 0 Å². The van der Waals surface area contributed by atoms with E-state index < -0.39 is 5.97 Å². The van der Waals surface area contributed by atoms with Gasteiger partial charge in [-0.25, -0.2) is 4.79 Å². The number of hydrogen-bond donors (Lipinski definition) is 3. The summed E-state index contributed by atoms with van der Waals surface area (Å²) in [7, 11) is 0. The number of anilines is 1. The molecule has 1 aromatic carbocycles. The molecule has 1 unspecified atom stereocenters. The van der Waals surface area contributed by atoms with Gasteiger partial charge < -0.3 is 16.2 Å². The zero-order valence-corrected chi connectivity index (χ0v) is 9.86. The Morgan fingerprint density at radius 2 is 2.12 bits per heavy atom. The van der Waals surface area contributed by atoms with E-state index in [9.17, 15) is 9.59 Å². The van der Waals surface area contributed by atoms with Gasteiger partial charge in [0, 0.05) is 18.2 Å². The zero-order chi connectivity index (χ0) is 13.0. The van der Waals surface area contributed by atoms with Gasteiger partial charge in [-0.05, 0) is 37.6 Å². The van der Waals surface area contributed by atoms with E-state index in [-0.39, 0.29) is 23.9 Å². The van der Waals surface area contributed by atoms with Crippen LogP contribution in [-0.4, -0.2) is 23.0 Å². The summed E-state index contributed by atoms with van der Waals surface area (Å²) in [6.45, 7) is 3.49. The summed E-state index contributed by atoms with van der Waals surface area (Å²) >= 11 is 0. The van der Waals surface area contributed by atoms with E-state index in [0.29, 0.717) is 11.3 Å². The highest BCUT2D eigenvalue weighted by molar-refractivity contribution is 5.93. The van der Waals surface area contributed by atoms with Crippen molar-refractivity contribution < 1.29 is 14.7 Å². The van der Waals surface area contributed by atoms with Crippen molar-refractivity contribution in [3.05, 3.63) is 29.3 Å². The highest BCUT2D eigenvalue weighted by Gasteiger charge is 2.09. The van der Waals surface area contributed by atoms with Gasteiger partial charge in [0.2, 0.25) is 5.91 Å². The number of carboxylic acids is 1. The lowest BCUT2D eigenvalue weighted by Gasteiger charge is -2.10. The first kappa shape index (κ1) is 13.2. The molecule has 1 aromatic rings. The maximum Gasteiger partial charge on any atom is 0.335 e. The third-order valence-electron chi connectivity index (χ3n) is 2.25. The average Bonchev–Trinajstić information content (AvgIpc) is 2.19. The lowest BCUT2D eigenvalue weighted by atomic mass is 10.1. The molecule has 1 atom stereocenters. The van der Waals surface area contributed by atoms with Crippen molar-refractivity contribution in [1.29, 1.82) is 0 Å². The highest BCUT2D eigenvalue weighted by Crippen LogP contribution is 2.16. The molecule has 0 aliphatic rings. The van der Waals surface area contributed by atoms with E-state index in [1.807, 2.05) is 0 Å². The first-order chi connectivity index (χ1) is 7.90. The molecule has 0 heterocycles. The van der Waals surface area contributed by atoms with E-state index in [2.05, 4.69) is 5.32 Å². The number of benzene rings is 1. The van der Waals surface area contributed by atoms with Crippen LogP contribution in [0.2, 0.25) is 0 Å². The van der Waals surface area contributed by atoms with E-state index in [0.717, 1.165) is 0 Å². The average molecular weight is 236 g/mol. The molecule has 1 rings (SSSR count). The van der Waals surface area contributed by atoms with Crippen LogP contribution in [0.25, 0.3) is 0 Å². The number of nitrogens with one attached hydrogen (secondary N) is 1. The lowest BCUT2D eigenvalue weighted by molar-refractivity contribution is -0.116. The number of nitrogens with two attached hydrogens (primary N) is 1. The van der Waals surface area contributed by atoms with Crippen molar-refractivity contribution in [3.63, 3.8) is 0 Å². The molecule has 0 aromatic heterocycles. The standard InChI is InChI=1S/C12H16N2O3/c1-7-5-9(12(16)17)3-4-10(7)14-11(15)6-8(2)13/h3-5,8H,6,13H2,1-2H3,(H,14,15)(H,16,17). The second kappa shape index (κ2) is 5.45. The minimum atomic E-state index is -0.985. The Morgan fingerprint density at radius 3 is 2.59 bits per heavy atom. The maximum atomic E-state index is 11.5. The Morgan fingerprint density at radius 1 is 1.47 bits per heavy atom. The maximum absolute atomic E-state index is 11.5. The Labute approximate surface area is 99.6 Å². The predicted octanol–water partition coefficient (Wildman–Crippen LogP) is 1.37. The van der Waals surface area contributed by atoms with Crippen LogP contribution in [-0.2, 0) is 4.79 Å². The van der Waals surface area contributed by atoms with E-state index >= 15 is 0 Å². The Kier molecular flexibility index (Phi) is 4.23. The monoisotopic (exact) mass is 236 g/mol. The molecule has 92 valence electrons. The minimum absolute atomic E-state index is 0.175. The number of hydrogen-bond acceptors (Lipinski definition) is 3. The second-order valence-corrected chi connectivity index (χ2v) is 4.06. The predicted molar refractivity (Wildman–Crippen MR) is 65.0 cm³/mol. The summed E-state index contributed by atoms with van der Waals surface area (Å²) in [6, 6.07) is 4.35. The fourth-order valence-electron chi connectivity index (χ4n) is 1.43. The van der Waals surface area contributed by atoms with Crippen molar-refractivity contribution in [2.75, 3.05) is 5.32 Å². The minimum Gasteiger partial charge on any atom is -0.478 e. The van der Waals surface area contributed by atoms with Crippen molar-refractivity contribution in [3.8, 4) is 0 Å². The molecule has 0 spiro atoms. The van der Waals surface area contributed by atoms with Crippen molar-refractivity contribution in [2.45, 2.75) is 26.3 Å². The topological polar surface area (TPSA) is 92.4 Å².